The number of ether oxygens (including phenoxy) is 2. The van der Waals surface area contributed by atoms with Gasteiger partial charge < -0.3 is 19.3 Å². The van der Waals surface area contributed by atoms with E-state index in [1.54, 1.807) is 23.1 Å². The van der Waals surface area contributed by atoms with Crippen molar-refractivity contribution >= 4 is 17.2 Å². The van der Waals surface area contributed by atoms with E-state index in [0.29, 0.717) is 47.8 Å². The summed E-state index contributed by atoms with van der Waals surface area (Å²) in [5.41, 5.74) is 0.291. The molecular formula is C26H24F3N5O3. The van der Waals surface area contributed by atoms with Gasteiger partial charge in [0, 0.05) is 37.4 Å². The lowest BCUT2D eigenvalue weighted by Crippen LogP contribution is -2.48. The van der Waals surface area contributed by atoms with Crippen LogP contribution in [0.3, 0.4) is 0 Å². The van der Waals surface area contributed by atoms with E-state index in [4.69, 9.17) is 9.47 Å². The maximum atomic E-state index is 14.0. The molecule has 2 aromatic carbocycles. The lowest BCUT2D eigenvalue weighted by atomic mass is 10.1. The SMILES string of the molecule is COc1ccc(-c2cc(C(F)(F)F)n3ncc(C(=O)N4CCN(c5ccccc5)CC4)c3n2)cc1OC. The number of fused-ring (bicyclic) bond motifs is 1. The summed E-state index contributed by atoms with van der Waals surface area (Å²) in [6, 6.07) is 15.5. The molecule has 2 aromatic heterocycles. The van der Waals surface area contributed by atoms with Crippen LogP contribution in [0.15, 0.2) is 60.8 Å². The van der Waals surface area contributed by atoms with E-state index >= 15 is 0 Å². The van der Waals surface area contributed by atoms with Gasteiger partial charge in [-0.1, -0.05) is 18.2 Å². The van der Waals surface area contributed by atoms with Crippen molar-refractivity contribution in [2.24, 2.45) is 0 Å². The molecule has 0 aliphatic carbocycles. The van der Waals surface area contributed by atoms with Gasteiger partial charge in [-0.3, -0.25) is 4.79 Å². The number of hydrogen-bond acceptors (Lipinski definition) is 6. The van der Waals surface area contributed by atoms with Crippen LogP contribution in [0.25, 0.3) is 16.9 Å². The van der Waals surface area contributed by atoms with Gasteiger partial charge in [0.25, 0.3) is 5.91 Å². The van der Waals surface area contributed by atoms with Crippen molar-refractivity contribution < 1.29 is 27.4 Å². The Hall–Kier alpha value is -4.28. The van der Waals surface area contributed by atoms with Gasteiger partial charge >= 0.3 is 6.18 Å². The molecule has 1 saturated heterocycles. The molecule has 5 rings (SSSR count). The van der Waals surface area contributed by atoms with Crippen LogP contribution in [0.2, 0.25) is 0 Å². The zero-order chi connectivity index (χ0) is 26.2. The average Bonchev–Trinajstić information content (AvgIpc) is 3.35. The third kappa shape index (κ3) is 4.64. The fourth-order valence-corrected chi connectivity index (χ4v) is 4.44. The number of amides is 1. The van der Waals surface area contributed by atoms with Crippen LogP contribution < -0.4 is 14.4 Å². The monoisotopic (exact) mass is 511 g/mol. The number of carbonyl (C=O) groups excluding carboxylic acids is 1. The van der Waals surface area contributed by atoms with Crippen molar-refractivity contribution in [3.8, 4) is 22.8 Å². The van der Waals surface area contributed by atoms with Crippen molar-refractivity contribution in [1.82, 2.24) is 19.5 Å². The zero-order valence-electron chi connectivity index (χ0n) is 20.2. The van der Waals surface area contributed by atoms with Crippen LogP contribution in [0.4, 0.5) is 18.9 Å². The largest absolute Gasteiger partial charge is 0.493 e. The van der Waals surface area contributed by atoms with Gasteiger partial charge in [0.05, 0.1) is 26.1 Å². The molecule has 0 saturated carbocycles. The predicted molar refractivity (Wildman–Crippen MR) is 131 cm³/mol. The summed E-state index contributed by atoms with van der Waals surface area (Å²) in [6.07, 6.45) is -3.57. The maximum absolute atomic E-state index is 14.0. The number of benzene rings is 2. The van der Waals surface area contributed by atoms with Crippen molar-refractivity contribution in [2.75, 3.05) is 45.3 Å². The van der Waals surface area contributed by atoms with Gasteiger partial charge in [-0.15, -0.1) is 0 Å². The summed E-state index contributed by atoms with van der Waals surface area (Å²) in [7, 11) is 2.90. The van der Waals surface area contributed by atoms with E-state index < -0.39 is 17.8 Å². The average molecular weight is 512 g/mol. The van der Waals surface area contributed by atoms with Crippen LogP contribution in [-0.4, -0.2) is 65.8 Å². The number of anilines is 1. The number of aromatic nitrogens is 3. The second-order valence-electron chi connectivity index (χ2n) is 8.50. The smallest absolute Gasteiger partial charge is 0.433 e. The summed E-state index contributed by atoms with van der Waals surface area (Å²) in [5.74, 6) is 0.363. The minimum Gasteiger partial charge on any atom is -0.493 e. The van der Waals surface area contributed by atoms with E-state index in [1.165, 1.54) is 14.2 Å². The highest BCUT2D eigenvalue weighted by molar-refractivity contribution is 6.00. The van der Waals surface area contributed by atoms with E-state index in [0.717, 1.165) is 18.0 Å². The van der Waals surface area contributed by atoms with Crippen molar-refractivity contribution in [2.45, 2.75) is 6.18 Å². The first kappa shape index (κ1) is 24.4. The number of carbonyl (C=O) groups is 1. The number of piperazine rings is 1. The van der Waals surface area contributed by atoms with Gasteiger partial charge in [-0.05, 0) is 36.4 Å². The Labute approximate surface area is 210 Å². The fraction of sp³-hybridized carbons (Fsp3) is 0.269. The molecule has 4 aromatic rings. The van der Waals surface area contributed by atoms with E-state index in [9.17, 15) is 18.0 Å². The molecule has 0 N–H and O–H groups in total. The Morgan fingerprint density at radius 3 is 2.27 bits per heavy atom. The Bertz CT molecular complexity index is 1430. The highest BCUT2D eigenvalue weighted by Crippen LogP contribution is 2.36. The minimum atomic E-state index is -4.72. The summed E-state index contributed by atoms with van der Waals surface area (Å²) >= 11 is 0. The molecule has 3 heterocycles. The van der Waals surface area contributed by atoms with Gasteiger partial charge in [-0.25, -0.2) is 9.50 Å². The topological polar surface area (TPSA) is 72.2 Å². The predicted octanol–water partition coefficient (Wildman–Crippen LogP) is 4.39. The number of hydrogen-bond donors (Lipinski definition) is 0. The Balaban J connectivity index is 1.50. The number of nitrogens with zero attached hydrogens (tertiary/aromatic N) is 5. The molecule has 0 spiro atoms. The first-order chi connectivity index (χ1) is 17.8. The molecule has 0 radical (unpaired) electrons. The van der Waals surface area contributed by atoms with Crippen LogP contribution in [-0.2, 0) is 6.18 Å². The Morgan fingerprint density at radius 2 is 1.62 bits per heavy atom. The maximum Gasteiger partial charge on any atom is 0.433 e. The van der Waals surface area contributed by atoms with Crippen LogP contribution >= 0.6 is 0 Å². The van der Waals surface area contributed by atoms with Crippen molar-refractivity contribution in [3.05, 3.63) is 72.1 Å². The first-order valence-electron chi connectivity index (χ1n) is 11.6. The number of para-hydroxylation sites is 1. The third-order valence-electron chi connectivity index (χ3n) is 6.36. The van der Waals surface area contributed by atoms with Gasteiger partial charge in [-0.2, -0.15) is 18.3 Å². The highest BCUT2D eigenvalue weighted by Gasteiger charge is 2.36. The normalized spacial score (nSPS) is 14.2. The number of methoxy groups -OCH3 is 2. The van der Waals surface area contributed by atoms with E-state index in [1.807, 2.05) is 30.3 Å². The molecule has 192 valence electrons. The van der Waals surface area contributed by atoms with E-state index in [2.05, 4.69) is 15.0 Å². The second-order valence-corrected chi connectivity index (χ2v) is 8.50. The number of alkyl halides is 3. The molecule has 0 atom stereocenters. The Kier molecular flexibility index (Phi) is 6.36. The van der Waals surface area contributed by atoms with E-state index in [-0.39, 0.29) is 16.9 Å². The molecule has 1 fully saturated rings. The van der Waals surface area contributed by atoms with Crippen molar-refractivity contribution in [1.29, 1.82) is 0 Å². The highest BCUT2D eigenvalue weighted by atomic mass is 19.4. The second kappa shape index (κ2) is 9.64. The molecule has 1 aliphatic rings. The molecule has 1 aliphatic heterocycles. The summed E-state index contributed by atoms with van der Waals surface area (Å²) in [4.78, 5) is 21.6. The van der Waals surface area contributed by atoms with Crippen LogP contribution in [0, 0.1) is 0 Å². The van der Waals surface area contributed by atoms with Gasteiger partial charge in [0.2, 0.25) is 0 Å². The van der Waals surface area contributed by atoms with Crippen LogP contribution in [0.1, 0.15) is 16.1 Å². The fourth-order valence-electron chi connectivity index (χ4n) is 4.44. The summed E-state index contributed by atoms with van der Waals surface area (Å²) in [6.45, 7) is 2.05. The molecular weight excluding hydrogens is 487 g/mol. The Morgan fingerprint density at radius 1 is 0.919 bits per heavy atom. The van der Waals surface area contributed by atoms with Gasteiger partial charge in [0.15, 0.2) is 22.8 Å². The van der Waals surface area contributed by atoms with Crippen molar-refractivity contribution in [3.63, 3.8) is 0 Å². The molecule has 8 nitrogen and oxygen atoms in total. The molecule has 0 bridgehead atoms. The molecule has 0 unspecified atom stereocenters. The third-order valence-corrected chi connectivity index (χ3v) is 6.36. The molecule has 1 amide bonds. The summed E-state index contributed by atoms with van der Waals surface area (Å²) < 4.78 is 53.2. The molecule has 11 heteroatoms. The lowest BCUT2D eigenvalue weighted by molar-refractivity contribution is -0.142. The lowest BCUT2D eigenvalue weighted by Gasteiger charge is -2.36. The van der Waals surface area contributed by atoms with Gasteiger partial charge in [0.1, 0.15) is 5.56 Å². The standard InChI is InChI=1S/C26H24F3N5O3/c1-36-21-9-8-17(14-22(21)37-2)20-15-23(26(27,28)29)34-24(31-20)19(16-30-34)25(35)33-12-10-32(11-13-33)18-6-4-3-5-7-18/h3-9,14-16H,10-13H2,1-2H3. The minimum absolute atomic E-state index is 0.0148. The number of halogens is 3. The first-order valence-corrected chi connectivity index (χ1v) is 11.6. The summed E-state index contributed by atoms with van der Waals surface area (Å²) in [5, 5.41) is 3.89. The zero-order valence-corrected chi connectivity index (χ0v) is 20.2. The molecule has 37 heavy (non-hydrogen) atoms. The number of rotatable bonds is 5. The quantitative estimate of drug-likeness (QED) is 0.396. The van der Waals surface area contributed by atoms with Crippen LogP contribution in [0.5, 0.6) is 11.5 Å².